The Morgan fingerprint density at radius 2 is 2.31 bits per heavy atom. The van der Waals surface area contributed by atoms with Crippen molar-refractivity contribution in [2.45, 2.75) is 13.3 Å². The molecule has 0 aliphatic carbocycles. The summed E-state index contributed by atoms with van der Waals surface area (Å²) in [6.07, 6.45) is 2.64. The minimum absolute atomic E-state index is 0.212. The molecule has 0 fully saturated rings. The van der Waals surface area contributed by atoms with Crippen LogP contribution in [0.4, 0.5) is 0 Å². The van der Waals surface area contributed by atoms with Gasteiger partial charge < -0.3 is 5.11 Å². The summed E-state index contributed by atoms with van der Waals surface area (Å²) in [6, 6.07) is 4.90. The second-order valence-corrected chi connectivity index (χ2v) is 3.17. The molecular weight excluding hydrogens is 186 g/mol. The van der Waals surface area contributed by atoms with Gasteiger partial charge in [0.05, 0.1) is 0 Å². The summed E-state index contributed by atoms with van der Waals surface area (Å²) in [6.45, 7) is 2.82. The van der Waals surface area contributed by atoms with Gasteiger partial charge in [-0.25, -0.2) is 0 Å². The number of hydrogen-bond donors (Lipinski definition) is 1. The SMILES string of the molecule is CCCN=Cc1cc(Cl)ccc1O. The molecule has 1 N–H and O–H groups in total. The van der Waals surface area contributed by atoms with Crippen molar-refractivity contribution in [2.75, 3.05) is 6.54 Å². The molecule has 1 aromatic rings. The molecule has 3 heteroatoms. The van der Waals surface area contributed by atoms with Crippen LogP contribution in [0.2, 0.25) is 5.02 Å². The van der Waals surface area contributed by atoms with Gasteiger partial charge in [-0.1, -0.05) is 18.5 Å². The van der Waals surface area contributed by atoms with Gasteiger partial charge >= 0.3 is 0 Å². The fourth-order valence-electron chi connectivity index (χ4n) is 0.921. The van der Waals surface area contributed by atoms with E-state index in [-0.39, 0.29) is 5.75 Å². The van der Waals surface area contributed by atoms with E-state index in [0.717, 1.165) is 13.0 Å². The van der Waals surface area contributed by atoms with E-state index in [4.69, 9.17) is 11.6 Å². The molecule has 70 valence electrons. The average Bonchev–Trinajstić information content (AvgIpc) is 2.11. The highest BCUT2D eigenvalue weighted by atomic mass is 35.5. The standard InChI is InChI=1S/C10H12ClNO/c1-2-5-12-7-8-6-9(11)3-4-10(8)13/h3-4,6-7,13H,2,5H2,1H3. The van der Waals surface area contributed by atoms with Crippen LogP contribution in [0.1, 0.15) is 18.9 Å². The highest BCUT2D eigenvalue weighted by molar-refractivity contribution is 6.30. The van der Waals surface area contributed by atoms with Crippen LogP contribution in [0.3, 0.4) is 0 Å². The van der Waals surface area contributed by atoms with Crippen molar-refractivity contribution >= 4 is 17.8 Å². The van der Waals surface area contributed by atoms with Gasteiger partial charge in [-0.3, -0.25) is 4.99 Å². The number of phenols is 1. The van der Waals surface area contributed by atoms with E-state index in [1.165, 1.54) is 0 Å². The molecule has 0 aliphatic heterocycles. The fourth-order valence-corrected chi connectivity index (χ4v) is 1.10. The van der Waals surface area contributed by atoms with Crippen LogP contribution in [0.5, 0.6) is 5.75 Å². The van der Waals surface area contributed by atoms with E-state index in [2.05, 4.69) is 11.9 Å². The zero-order valence-corrected chi connectivity index (χ0v) is 8.25. The van der Waals surface area contributed by atoms with E-state index in [0.29, 0.717) is 10.6 Å². The zero-order chi connectivity index (χ0) is 9.68. The summed E-state index contributed by atoms with van der Waals surface area (Å²) in [5, 5.41) is 9.99. The molecule has 0 aromatic heterocycles. The Labute approximate surface area is 82.9 Å². The van der Waals surface area contributed by atoms with Gasteiger partial charge in [-0.2, -0.15) is 0 Å². The summed E-state index contributed by atoms with van der Waals surface area (Å²) in [4.78, 5) is 4.12. The Morgan fingerprint density at radius 3 is 3.00 bits per heavy atom. The maximum absolute atomic E-state index is 9.38. The largest absolute Gasteiger partial charge is 0.507 e. The number of hydrogen-bond acceptors (Lipinski definition) is 2. The molecule has 0 saturated carbocycles. The molecule has 0 heterocycles. The minimum atomic E-state index is 0.212. The van der Waals surface area contributed by atoms with Crippen LogP contribution in [-0.2, 0) is 0 Å². The zero-order valence-electron chi connectivity index (χ0n) is 7.50. The number of phenolic OH excluding ortho intramolecular Hbond substituents is 1. The Hall–Kier alpha value is -1.02. The molecule has 0 unspecified atom stereocenters. The van der Waals surface area contributed by atoms with Crippen molar-refractivity contribution < 1.29 is 5.11 Å². The van der Waals surface area contributed by atoms with E-state index < -0.39 is 0 Å². The topological polar surface area (TPSA) is 32.6 Å². The molecule has 0 amide bonds. The third-order valence-electron chi connectivity index (χ3n) is 1.57. The van der Waals surface area contributed by atoms with Gasteiger partial charge in [0.15, 0.2) is 0 Å². The first-order chi connectivity index (χ1) is 6.24. The molecule has 1 rings (SSSR count). The fraction of sp³-hybridized carbons (Fsp3) is 0.300. The number of aromatic hydroxyl groups is 1. The van der Waals surface area contributed by atoms with Crippen LogP contribution < -0.4 is 0 Å². The summed E-state index contributed by atoms with van der Waals surface area (Å²) in [5.74, 6) is 0.212. The number of halogens is 1. The molecule has 0 bridgehead atoms. The molecule has 0 saturated heterocycles. The summed E-state index contributed by atoms with van der Waals surface area (Å²) in [5.41, 5.74) is 0.668. The van der Waals surface area contributed by atoms with Crippen molar-refractivity contribution in [3.05, 3.63) is 28.8 Å². The quantitative estimate of drug-likeness (QED) is 0.743. The van der Waals surface area contributed by atoms with Crippen LogP contribution >= 0.6 is 11.6 Å². The first-order valence-corrected chi connectivity index (χ1v) is 4.60. The van der Waals surface area contributed by atoms with Crippen LogP contribution in [-0.4, -0.2) is 17.9 Å². The number of rotatable bonds is 3. The molecule has 0 atom stereocenters. The second-order valence-electron chi connectivity index (χ2n) is 2.74. The highest BCUT2D eigenvalue weighted by Gasteiger charge is 1.97. The average molecular weight is 198 g/mol. The highest BCUT2D eigenvalue weighted by Crippen LogP contribution is 2.19. The third-order valence-corrected chi connectivity index (χ3v) is 1.81. The molecule has 2 nitrogen and oxygen atoms in total. The number of aliphatic imine (C=N–C) groups is 1. The van der Waals surface area contributed by atoms with Crippen molar-refractivity contribution in [2.24, 2.45) is 4.99 Å². The Bertz CT molecular complexity index is 310. The Morgan fingerprint density at radius 1 is 1.54 bits per heavy atom. The van der Waals surface area contributed by atoms with Crippen LogP contribution in [0.25, 0.3) is 0 Å². The van der Waals surface area contributed by atoms with Crippen LogP contribution in [0.15, 0.2) is 23.2 Å². The molecule has 13 heavy (non-hydrogen) atoms. The van der Waals surface area contributed by atoms with E-state index >= 15 is 0 Å². The maximum Gasteiger partial charge on any atom is 0.124 e. The molecule has 1 aromatic carbocycles. The monoisotopic (exact) mass is 197 g/mol. The van der Waals surface area contributed by atoms with Gasteiger partial charge in [-0.15, -0.1) is 0 Å². The van der Waals surface area contributed by atoms with Gasteiger partial charge in [0, 0.05) is 23.3 Å². The Kier molecular flexibility index (Phi) is 3.77. The molecule has 0 spiro atoms. The number of nitrogens with zero attached hydrogens (tertiary/aromatic N) is 1. The van der Waals surface area contributed by atoms with Crippen LogP contribution in [0, 0.1) is 0 Å². The van der Waals surface area contributed by atoms with E-state index in [1.54, 1.807) is 24.4 Å². The molecular formula is C10H12ClNO. The first kappa shape index (κ1) is 10.1. The van der Waals surface area contributed by atoms with Gasteiger partial charge in [0.25, 0.3) is 0 Å². The summed E-state index contributed by atoms with van der Waals surface area (Å²) >= 11 is 5.76. The van der Waals surface area contributed by atoms with Gasteiger partial charge in [0.1, 0.15) is 5.75 Å². The Balaban J connectivity index is 2.81. The van der Waals surface area contributed by atoms with E-state index in [9.17, 15) is 5.11 Å². The van der Waals surface area contributed by atoms with Crippen molar-refractivity contribution in [1.82, 2.24) is 0 Å². The maximum atomic E-state index is 9.38. The van der Waals surface area contributed by atoms with Crippen molar-refractivity contribution in [1.29, 1.82) is 0 Å². The lowest BCUT2D eigenvalue weighted by Gasteiger charge is -1.98. The van der Waals surface area contributed by atoms with Gasteiger partial charge in [-0.05, 0) is 24.6 Å². The van der Waals surface area contributed by atoms with Crippen molar-refractivity contribution in [3.63, 3.8) is 0 Å². The lowest BCUT2D eigenvalue weighted by atomic mass is 10.2. The summed E-state index contributed by atoms with van der Waals surface area (Å²) in [7, 11) is 0. The predicted octanol–water partition coefficient (Wildman–Crippen LogP) is 2.87. The van der Waals surface area contributed by atoms with Crippen molar-refractivity contribution in [3.8, 4) is 5.75 Å². The lowest BCUT2D eigenvalue weighted by Crippen LogP contribution is -1.84. The van der Waals surface area contributed by atoms with E-state index in [1.807, 2.05) is 0 Å². The molecule has 0 radical (unpaired) electrons. The van der Waals surface area contributed by atoms with Gasteiger partial charge in [0.2, 0.25) is 0 Å². The smallest absolute Gasteiger partial charge is 0.124 e. The second kappa shape index (κ2) is 4.87. The normalized spacial score (nSPS) is 10.9. The number of benzene rings is 1. The third kappa shape index (κ3) is 3.07. The lowest BCUT2D eigenvalue weighted by molar-refractivity contribution is 0.474. The minimum Gasteiger partial charge on any atom is -0.507 e. The predicted molar refractivity (Wildman–Crippen MR) is 55.9 cm³/mol. The first-order valence-electron chi connectivity index (χ1n) is 4.22. The molecule has 0 aliphatic rings. The summed E-state index contributed by atoms with van der Waals surface area (Å²) < 4.78 is 0.